The van der Waals surface area contributed by atoms with Crippen molar-refractivity contribution in [1.82, 2.24) is 15.1 Å². The fourth-order valence-corrected chi connectivity index (χ4v) is 3.78. The molecule has 1 aromatic carbocycles. The van der Waals surface area contributed by atoms with Crippen LogP contribution in [0.1, 0.15) is 24.0 Å². The number of hydrogen-bond acceptors (Lipinski definition) is 8. The molecule has 0 saturated carbocycles. The van der Waals surface area contributed by atoms with Gasteiger partial charge in [0.25, 0.3) is 0 Å². The molecule has 9 nitrogen and oxygen atoms in total. The Morgan fingerprint density at radius 3 is 2.68 bits per heavy atom. The monoisotopic (exact) mass is 438 g/mol. The van der Waals surface area contributed by atoms with E-state index in [0.29, 0.717) is 42.0 Å². The summed E-state index contributed by atoms with van der Waals surface area (Å²) >= 11 is 0. The highest BCUT2D eigenvalue weighted by molar-refractivity contribution is 5.74. The third kappa shape index (κ3) is 5.00. The minimum atomic E-state index is -3.01. The first-order valence-electron chi connectivity index (χ1n) is 9.66. The van der Waals surface area contributed by atoms with Crippen LogP contribution in [0.15, 0.2) is 18.2 Å². The highest BCUT2D eigenvalue weighted by Gasteiger charge is 2.31. The summed E-state index contributed by atoms with van der Waals surface area (Å²) in [5, 5.41) is 40.9. The third-order valence-corrected chi connectivity index (χ3v) is 5.41. The van der Waals surface area contributed by atoms with Crippen LogP contribution in [0.4, 0.5) is 14.6 Å². The van der Waals surface area contributed by atoms with Gasteiger partial charge in [0.15, 0.2) is 5.82 Å². The molecule has 2 heterocycles. The van der Waals surface area contributed by atoms with E-state index in [2.05, 4.69) is 20.3 Å². The number of likely N-dealkylation sites (tertiary alicyclic amines) is 1. The molecule has 0 radical (unpaired) electrons. The van der Waals surface area contributed by atoms with E-state index < -0.39 is 18.6 Å². The summed E-state index contributed by atoms with van der Waals surface area (Å²) in [5.74, 6) is -0.993. The molecule has 31 heavy (non-hydrogen) atoms. The number of ether oxygens (including phenoxy) is 1. The van der Waals surface area contributed by atoms with Crippen molar-refractivity contribution in [3.05, 3.63) is 29.3 Å². The van der Waals surface area contributed by atoms with Crippen molar-refractivity contribution in [2.24, 2.45) is 0 Å². The maximum Gasteiger partial charge on any atom is 0.387 e. The molecule has 168 valence electrons. The fraction of sp³-hybridized carbons (Fsp3) is 0.450. The Morgan fingerprint density at radius 2 is 2.10 bits per heavy atom. The van der Waals surface area contributed by atoms with Gasteiger partial charge in [0.1, 0.15) is 23.2 Å². The Bertz CT molecular complexity index is 959. The lowest BCUT2D eigenvalue weighted by Gasteiger charge is -2.35. The van der Waals surface area contributed by atoms with Crippen LogP contribution in [0.5, 0.6) is 11.5 Å². The van der Waals surface area contributed by atoms with Crippen molar-refractivity contribution in [3.63, 3.8) is 0 Å². The lowest BCUT2D eigenvalue weighted by molar-refractivity contribution is -0.143. The van der Waals surface area contributed by atoms with Gasteiger partial charge < -0.3 is 25.4 Å². The summed E-state index contributed by atoms with van der Waals surface area (Å²) in [7, 11) is 1.74. The number of anilines is 1. The summed E-state index contributed by atoms with van der Waals surface area (Å²) in [6.07, 6.45) is 1.09. The first-order chi connectivity index (χ1) is 14.7. The highest BCUT2D eigenvalue weighted by atomic mass is 19.3. The first-order valence-corrected chi connectivity index (χ1v) is 9.66. The van der Waals surface area contributed by atoms with Crippen LogP contribution >= 0.6 is 0 Å². The molecule has 2 atom stereocenters. The lowest BCUT2D eigenvalue weighted by atomic mass is 9.98. The van der Waals surface area contributed by atoms with Gasteiger partial charge in [-0.25, -0.2) is 0 Å². The number of alkyl halides is 2. The average Bonchev–Trinajstić information content (AvgIpc) is 2.68. The molecular weight excluding hydrogens is 414 g/mol. The number of benzene rings is 1. The molecule has 1 saturated heterocycles. The number of aromatic nitrogens is 2. The Kier molecular flexibility index (Phi) is 6.86. The Labute approximate surface area is 177 Å². The van der Waals surface area contributed by atoms with E-state index in [1.165, 1.54) is 12.1 Å². The van der Waals surface area contributed by atoms with Gasteiger partial charge >= 0.3 is 12.6 Å². The number of aliphatic hydroxyl groups is 1. The van der Waals surface area contributed by atoms with Crippen molar-refractivity contribution in [2.45, 2.75) is 45.1 Å². The number of aliphatic carboxylic acids is 1. The van der Waals surface area contributed by atoms with Crippen molar-refractivity contribution in [2.75, 3.05) is 18.9 Å². The van der Waals surface area contributed by atoms with E-state index in [1.807, 2.05) is 0 Å². The maximum absolute atomic E-state index is 12.4. The lowest BCUT2D eigenvalue weighted by Crippen LogP contribution is -2.49. The largest absolute Gasteiger partial charge is 0.507 e. The van der Waals surface area contributed by atoms with Crippen molar-refractivity contribution in [3.8, 4) is 22.8 Å². The fourth-order valence-electron chi connectivity index (χ4n) is 3.78. The predicted octanol–water partition coefficient (Wildman–Crippen LogP) is 2.21. The summed E-state index contributed by atoms with van der Waals surface area (Å²) in [6, 6.07) is 3.12. The molecule has 4 N–H and O–H groups in total. The quantitative estimate of drug-likeness (QED) is 0.514. The summed E-state index contributed by atoms with van der Waals surface area (Å²) < 4.78 is 29.0. The number of piperidine rings is 1. The predicted molar refractivity (Wildman–Crippen MR) is 107 cm³/mol. The van der Waals surface area contributed by atoms with Crippen molar-refractivity contribution < 1.29 is 33.6 Å². The number of carboxylic acid groups (broad SMARTS) is 1. The minimum Gasteiger partial charge on any atom is -0.507 e. The third-order valence-electron chi connectivity index (χ3n) is 5.41. The van der Waals surface area contributed by atoms with Gasteiger partial charge in [0, 0.05) is 29.8 Å². The van der Waals surface area contributed by atoms with Crippen molar-refractivity contribution in [1.29, 1.82) is 0 Å². The number of carbonyl (C=O) groups is 1. The molecule has 0 spiro atoms. The second kappa shape index (κ2) is 9.40. The van der Waals surface area contributed by atoms with Gasteiger partial charge in [0.05, 0.1) is 6.61 Å². The Balaban J connectivity index is 1.84. The van der Waals surface area contributed by atoms with Crippen LogP contribution in [0.2, 0.25) is 0 Å². The van der Waals surface area contributed by atoms with Gasteiger partial charge in [0.2, 0.25) is 0 Å². The number of rotatable bonds is 7. The van der Waals surface area contributed by atoms with Gasteiger partial charge in [-0.05, 0) is 44.5 Å². The van der Waals surface area contributed by atoms with Gasteiger partial charge in [-0.1, -0.05) is 0 Å². The highest BCUT2D eigenvalue weighted by Crippen LogP contribution is 2.35. The molecule has 1 aliphatic rings. The average molecular weight is 438 g/mol. The van der Waals surface area contributed by atoms with Crippen LogP contribution in [-0.2, 0) is 11.4 Å². The number of nitrogens with one attached hydrogen (secondary N) is 1. The molecule has 3 rings (SSSR count). The number of halogens is 2. The van der Waals surface area contributed by atoms with E-state index in [-0.39, 0.29) is 29.7 Å². The molecule has 1 aliphatic heterocycles. The normalized spacial score (nSPS) is 19.4. The van der Waals surface area contributed by atoms with Gasteiger partial charge in [-0.2, -0.15) is 8.78 Å². The van der Waals surface area contributed by atoms with Crippen LogP contribution in [0.25, 0.3) is 11.3 Å². The molecule has 0 aliphatic carbocycles. The van der Waals surface area contributed by atoms with E-state index in [9.17, 15) is 28.9 Å². The maximum atomic E-state index is 12.4. The molecule has 0 bridgehead atoms. The number of aromatic hydroxyl groups is 1. The SMILES string of the molecule is Cc1c(-c2ccc(OC(F)F)cc2O)nnc(NC2CCC(C(=O)O)N(C)C2)c1CO. The van der Waals surface area contributed by atoms with Crippen LogP contribution in [-0.4, -0.2) is 68.7 Å². The summed E-state index contributed by atoms with van der Waals surface area (Å²) in [5.41, 5.74) is 1.59. The Hall–Kier alpha value is -3.05. The standard InChI is InChI=1S/C20H24F2N4O5/c1-10-14(9-27)18(23-11-3-6-15(19(29)30)26(2)8-11)25-24-17(10)13-5-4-12(7-16(13)28)31-20(21)22/h4-5,7,11,15,20,27-28H,3,6,8-9H2,1-2H3,(H,23,25)(H,29,30). The van der Waals surface area contributed by atoms with E-state index >= 15 is 0 Å². The first kappa shape index (κ1) is 22.6. The topological polar surface area (TPSA) is 128 Å². The molecule has 2 unspecified atom stereocenters. The molecule has 2 aromatic rings. The number of hydrogen-bond donors (Lipinski definition) is 4. The van der Waals surface area contributed by atoms with E-state index in [4.69, 9.17) is 0 Å². The van der Waals surface area contributed by atoms with Gasteiger partial charge in [-0.3, -0.25) is 9.69 Å². The number of likely N-dealkylation sites (N-methyl/N-ethyl adjacent to an activating group) is 1. The second-order valence-corrected chi connectivity index (χ2v) is 7.43. The molecular formula is C20H24F2N4O5. The molecule has 11 heteroatoms. The molecule has 0 amide bonds. The zero-order valence-electron chi connectivity index (χ0n) is 17.0. The Morgan fingerprint density at radius 1 is 1.35 bits per heavy atom. The minimum absolute atomic E-state index is 0.0790. The van der Waals surface area contributed by atoms with E-state index in [0.717, 1.165) is 6.07 Å². The number of phenolic OH excluding ortho intramolecular Hbond substituents is 1. The summed E-state index contributed by atoms with van der Waals surface area (Å²) in [4.78, 5) is 13.0. The zero-order valence-corrected chi connectivity index (χ0v) is 17.0. The van der Waals surface area contributed by atoms with Crippen LogP contribution < -0.4 is 10.1 Å². The number of carboxylic acids is 1. The second-order valence-electron chi connectivity index (χ2n) is 7.43. The number of phenols is 1. The van der Waals surface area contributed by atoms with Crippen LogP contribution in [0.3, 0.4) is 0 Å². The number of aliphatic hydroxyl groups excluding tert-OH is 1. The molecule has 1 fully saturated rings. The van der Waals surface area contributed by atoms with Crippen molar-refractivity contribution >= 4 is 11.8 Å². The van der Waals surface area contributed by atoms with Gasteiger partial charge in [-0.15, -0.1) is 10.2 Å². The zero-order chi connectivity index (χ0) is 22.7. The smallest absolute Gasteiger partial charge is 0.387 e. The molecule has 1 aromatic heterocycles. The van der Waals surface area contributed by atoms with E-state index in [1.54, 1.807) is 18.9 Å². The van der Waals surface area contributed by atoms with Crippen LogP contribution in [0, 0.1) is 6.92 Å². The summed E-state index contributed by atoms with van der Waals surface area (Å²) in [6.45, 7) is -1.17. The number of nitrogens with zero attached hydrogens (tertiary/aromatic N) is 3.